The predicted octanol–water partition coefficient (Wildman–Crippen LogP) is 2.66. The number of hydrogen-bond donors (Lipinski definition) is 5. The Bertz CT molecular complexity index is 2160. The Kier molecular flexibility index (Phi) is 20.4. The van der Waals surface area contributed by atoms with Gasteiger partial charge < -0.3 is 63.8 Å². The molecule has 3 aliphatic rings. The van der Waals surface area contributed by atoms with Crippen LogP contribution in [0, 0.1) is 17.8 Å². The highest BCUT2D eigenvalue weighted by Gasteiger charge is 2.53. The second kappa shape index (κ2) is 24.4. The molecule has 0 unspecified atom stereocenters. The van der Waals surface area contributed by atoms with Gasteiger partial charge in [0.15, 0.2) is 22.4 Å². The van der Waals surface area contributed by atoms with Crippen molar-refractivity contribution < 1.29 is 71.6 Å². The van der Waals surface area contributed by atoms with E-state index in [2.05, 4.69) is 15.3 Å². The molecule has 0 bridgehead atoms. The minimum atomic E-state index is -3.44. The molecule has 0 saturated carbocycles. The van der Waals surface area contributed by atoms with E-state index in [0.717, 1.165) is 6.26 Å². The van der Waals surface area contributed by atoms with E-state index in [1.807, 2.05) is 37.7 Å². The highest BCUT2D eigenvalue weighted by Crippen LogP contribution is 2.40. The second-order valence-corrected chi connectivity index (χ2v) is 23.9. The van der Waals surface area contributed by atoms with Gasteiger partial charge in [-0.3, -0.25) is 9.78 Å². The third kappa shape index (κ3) is 14.1. The van der Waals surface area contributed by atoms with Crippen LogP contribution in [0.3, 0.4) is 0 Å². The molecule has 5 heterocycles. The van der Waals surface area contributed by atoms with Crippen molar-refractivity contribution in [2.75, 3.05) is 47.2 Å². The number of carbonyl (C=O) groups excluding carboxylic acids is 1. The van der Waals surface area contributed by atoms with Crippen LogP contribution in [0.25, 0.3) is 0 Å². The van der Waals surface area contributed by atoms with Gasteiger partial charge in [-0.05, 0) is 99.9 Å². The number of rotatable bonds is 15. The molecular formula is C50H85FN6O14S. The van der Waals surface area contributed by atoms with Crippen molar-refractivity contribution in [2.45, 2.75) is 209 Å². The zero-order valence-corrected chi connectivity index (χ0v) is 45.6. The Morgan fingerprint density at radius 2 is 1.68 bits per heavy atom. The van der Waals surface area contributed by atoms with Crippen LogP contribution in [0.15, 0.2) is 29.4 Å². The first-order chi connectivity index (χ1) is 33.5. The van der Waals surface area contributed by atoms with Gasteiger partial charge in [-0.1, -0.05) is 26.0 Å². The highest BCUT2D eigenvalue weighted by molar-refractivity contribution is 7.90. The molecule has 2 aromatic rings. The summed E-state index contributed by atoms with van der Waals surface area (Å²) in [5.74, 6) is -2.92. The largest absolute Gasteiger partial charge is 0.459 e. The summed E-state index contributed by atoms with van der Waals surface area (Å²) in [6.45, 7) is 17.3. The number of esters is 1. The normalized spacial score (nSPS) is 39.8. The van der Waals surface area contributed by atoms with Gasteiger partial charge in [-0.2, -0.15) is 0 Å². The molecule has 0 spiro atoms. The predicted molar refractivity (Wildman–Crippen MR) is 263 cm³/mol. The van der Waals surface area contributed by atoms with Gasteiger partial charge in [0, 0.05) is 81.8 Å². The Labute approximate surface area is 425 Å². The summed E-state index contributed by atoms with van der Waals surface area (Å²) in [4.78, 5) is 22.6. The fourth-order valence-corrected chi connectivity index (χ4v) is 11.5. The van der Waals surface area contributed by atoms with Crippen molar-refractivity contribution >= 4 is 15.8 Å². The number of aliphatic hydroxyl groups is 5. The fraction of sp³-hybridized carbons (Fsp3) is 0.840. The number of methoxy groups -OCH3 is 1. The topological polar surface area (TPSA) is 258 Å². The average Bonchev–Trinajstić information content (AvgIpc) is 3.79. The quantitative estimate of drug-likeness (QED) is 0.161. The van der Waals surface area contributed by atoms with Crippen LogP contribution >= 0.6 is 0 Å². The number of alkyl halides is 1. The van der Waals surface area contributed by atoms with E-state index in [9.17, 15) is 43.1 Å². The van der Waals surface area contributed by atoms with E-state index < -0.39 is 131 Å². The van der Waals surface area contributed by atoms with E-state index in [-0.39, 0.29) is 36.5 Å². The van der Waals surface area contributed by atoms with Crippen LogP contribution in [0.1, 0.15) is 112 Å². The number of nitrogens with zero attached hydrogens (tertiary/aromatic N) is 6. The smallest absolute Gasteiger partial charge is 0.311 e. The molecule has 0 aliphatic carbocycles. The Morgan fingerprint density at radius 3 is 2.28 bits per heavy atom. The zero-order valence-electron chi connectivity index (χ0n) is 44.8. The first-order valence-corrected chi connectivity index (χ1v) is 27.2. The first-order valence-electron chi connectivity index (χ1n) is 25.4. The molecule has 20 nitrogen and oxygen atoms in total. The number of aliphatic hydroxyl groups excluding tert-OH is 3. The number of carbonyl (C=O) groups is 1. The fourth-order valence-electron chi connectivity index (χ4n) is 10.9. The summed E-state index contributed by atoms with van der Waals surface area (Å²) < 4.78 is 77.7. The summed E-state index contributed by atoms with van der Waals surface area (Å²) in [6, 6.07) is 1.15. The van der Waals surface area contributed by atoms with Crippen molar-refractivity contribution in [2.24, 2.45) is 17.8 Å². The molecule has 3 aliphatic heterocycles. The molecule has 0 aromatic carbocycles. The minimum absolute atomic E-state index is 0.0682. The van der Waals surface area contributed by atoms with Crippen molar-refractivity contribution in [3.63, 3.8) is 0 Å². The number of aromatic nitrogens is 4. The summed E-state index contributed by atoms with van der Waals surface area (Å²) in [5, 5.41) is 68.1. The third-order valence-electron chi connectivity index (χ3n) is 15.6. The maximum absolute atomic E-state index is 14.5. The molecule has 2 aromatic heterocycles. The number of cyclic esters (lactones) is 1. The van der Waals surface area contributed by atoms with Crippen LogP contribution in [0.2, 0.25) is 0 Å². The maximum Gasteiger partial charge on any atom is 0.311 e. The minimum Gasteiger partial charge on any atom is -0.459 e. The van der Waals surface area contributed by atoms with Crippen LogP contribution in [0.4, 0.5) is 4.39 Å². The van der Waals surface area contributed by atoms with E-state index in [0.29, 0.717) is 37.3 Å². The third-order valence-corrected chi connectivity index (χ3v) is 16.7. The number of sulfone groups is 1. The number of halogens is 1. The van der Waals surface area contributed by atoms with E-state index >= 15 is 0 Å². The molecule has 19 atom stereocenters. The lowest BCUT2D eigenvalue weighted by Gasteiger charge is -2.49. The molecule has 5 N–H and O–H groups in total. The summed E-state index contributed by atoms with van der Waals surface area (Å²) >= 11 is 0. The maximum atomic E-state index is 14.5. The molecule has 3 saturated heterocycles. The van der Waals surface area contributed by atoms with Crippen molar-refractivity contribution in [1.82, 2.24) is 29.8 Å². The number of likely N-dealkylation sites (N-methyl/N-ethyl adjacent to an activating group) is 2. The van der Waals surface area contributed by atoms with E-state index in [1.54, 1.807) is 60.7 Å². The molecule has 0 radical (unpaired) electrons. The highest BCUT2D eigenvalue weighted by atomic mass is 32.2. The summed E-state index contributed by atoms with van der Waals surface area (Å²) in [7, 11) is 1.72. The lowest BCUT2D eigenvalue weighted by Crippen LogP contribution is -2.61. The van der Waals surface area contributed by atoms with Gasteiger partial charge in [0.25, 0.3) is 0 Å². The van der Waals surface area contributed by atoms with Gasteiger partial charge in [0.2, 0.25) is 0 Å². The lowest BCUT2D eigenvalue weighted by molar-refractivity contribution is -0.318. The molecule has 22 heteroatoms. The SMILES string of the molecule is CC[C@H]1OC(=O)[C@H](C)[C@@H](O[C@H]2C[C@@](C)(OC)[C@@H](O)[C@H](C)O2)[C@H](C)[C@@H](O[C@@H]2O[C@H](C)C[C@H](N(C)CCc3cn([C@H](CF)Cc4ccc(S(C)(=O)=O)cn4)nn3)[C@H]2O)[C@](C)(O)C[C@@H](C)CN(C)[C@H](C)[C@@H](O)[C@]1(C)O. The van der Waals surface area contributed by atoms with Crippen LogP contribution < -0.4 is 0 Å². The van der Waals surface area contributed by atoms with Crippen molar-refractivity contribution in [3.05, 3.63) is 35.9 Å². The Hall–Kier alpha value is -2.84. The van der Waals surface area contributed by atoms with Gasteiger partial charge in [0.1, 0.15) is 36.7 Å². The van der Waals surface area contributed by atoms with Gasteiger partial charge >= 0.3 is 5.97 Å². The van der Waals surface area contributed by atoms with Gasteiger partial charge in [-0.15, -0.1) is 5.10 Å². The lowest BCUT2D eigenvalue weighted by atomic mass is 9.77. The van der Waals surface area contributed by atoms with Gasteiger partial charge in [-0.25, -0.2) is 17.5 Å². The monoisotopic (exact) mass is 1040 g/mol. The second-order valence-electron chi connectivity index (χ2n) is 21.9. The Morgan fingerprint density at radius 1 is 1.00 bits per heavy atom. The summed E-state index contributed by atoms with van der Waals surface area (Å²) in [6.07, 6.45) is -5.06. The number of pyridine rings is 1. The molecular weight excluding hydrogens is 960 g/mol. The van der Waals surface area contributed by atoms with E-state index in [4.69, 9.17) is 28.4 Å². The Balaban J connectivity index is 1.43. The van der Waals surface area contributed by atoms with Crippen molar-refractivity contribution in [1.29, 1.82) is 0 Å². The standard InChI is InChI=1S/C50H85FN6O14S/c1-15-39-50(10,63)43(59)32(6)56(12)26-28(2)22-48(8,62)45(30(4)42(31(5)46(61)69-39)70-40-23-49(9,66-13)44(60)33(7)68-40)71-47-41(58)38(20-29(3)67-47)55(11)19-18-35-27-57(54-53-35)36(24-51)21-34-16-17-37(25-52-34)72(14,64)65/h16-17,25,27-33,36,38-45,47,58-60,62-63H,15,18-24,26H2,1-14H3/t28-,29-,30+,31-,32-,33+,36+,38+,39-,40+,41-,42+,43-,44+,45-,47+,48-,49-,50-/m1/s1. The average molecular weight is 1050 g/mol. The molecule has 5 rings (SSSR count). The molecule has 72 heavy (non-hydrogen) atoms. The molecule has 3 fully saturated rings. The summed E-state index contributed by atoms with van der Waals surface area (Å²) in [5.41, 5.74) is -3.54. The van der Waals surface area contributed by atoms with Crippen LogP contribution in [-0.2, 0) is 55.9 Å². The van der Waals surface area contributed by atoms with Crippen LogP contribution in [-0.4, -0.2) is 207 Å². The van der Waals surface area contributed by atoms with Crippen LogP contribution in [0.5, 0.6) is 0 Å². The van der Waals surface area contributed by atoms with Crippen molar-refractivity contribution in [3.8, 4) is 0 Å². The number of ether oxygens (including phenoxy) is 6. The van der Waals surface area contributed by atoms with Gasteiger partial charge in [0.05, 0.1) is 58.2 Å². The zero-order chi connectivity index (χ0) is 53.8. The first kappa shape index (κ1) is 60.0. The number of hydrogen-bond acceptors (Lipinski definition) is 19. The molecule has 0 amide bonds. The van der Waals surface area contributed by atoms with E-state index in [1.165, 1.54) is 31.0 Å². The molecule has 412 valence electrons.